The monoisotopic (exact) mass is 383 g/mol. The van der Waals surface area contributed by atoms with Crippen LogP contribution in [0.15, 0.2) is 47.1 Å². The van der Waals surface area contributed by atoms with Crippen LogP contribution in [0.5, 0.6) is 5.75 Å². The number of nitrogens with two attached hydrogens (primary N) is 1. The number of hydrogen-bond acceptors (Lipinski definition) is 8. The molecular weight excluding hydrogens is 365 g/mol. The highest BCUT2D eigenvalue weighted by atomic mass is 19.1. The van der Waals surface area contributed by atoms with Gasteiger partial charge in [-0.05, 0) is 36.2 Å². The van der Waals surface area contributed by atoms with E-state index in [1.165, 1.54) is 4.52 Å². The first-order chi connectivity index (χ1) is 13.7. The summed E-state index contributed by atoms with van der Waals surface area (Å²) in [6, 6.07) is 11.0. The van der Waals surface area contributed by atoms with Crippen LogP contribution in [0.1, 0.15) is 5.56 Å². The van der Waals surface area contributed by atoms with Gasteiger partial charge in [0, 0.05) is 6.54 Å². The fourth-order valence-electron chi connectivity index (χ4n) is 2.62. The van der Waals surface area contributed by atoms with Crippen LogP contribution in [0, 0.1) is 0 Å². The van der Waals surface area contributed by atoms with E-state index in [4.69, 9.17) is 14.9 Å². The Morgan fingerprint density at radius 1 is 1.14 bits per heavy atom. The van der Waals surface area contributed by atoms with Gasteiger partial charge in [-0.3, -0.25) is 0 Å². The molecule has 0 atom stereocenters. The van der Waals surface area contributed by atoms with Crippen LogP contribution in [0.3, 0.4) is 0 Å². The van der Waals surface area contributed by atoms with Crippen molar-refractivity contribution in [2.75, 3.05) is 30.9 Å². The zero-order chi connectivity index (χ0) is 19.3. The number of rotatable bonds is 8. The lowest BCUT2D eigenvalue weighted by atomic mass is 10.1. The first kappa shape index (κ1) is 17.7. The van der Waals surface area contributed by atoms with Crippen LogP contribution < -0.4 is 15.8 Å². The van der Waals surface area contributed by atoms with E-state index in [0.29, 0.717) is 35.6 Å². The molecule has 0 amide bonds. The standard InChI is InChI=1S/C18H18FN7O2/c19-8-11-27-13-5-3-12(4-6-13)7-9-21-17-23-16(20)26-18(24-17)22-15(25-26)14-2-1-10-28-14/h1-6,10H,7-9,11H2,(H3,20,21,22,23,24,25). The number of alkyl halides is 1. The van der Waals surface area contributed by atoms with Crippen molar-refractivity contribution < 1.29 is 13.5 Å². The lowest BCUT2D eigenvalue weighted by Crippen LogP contribution is -2.12. The lowest BCUT2D eigenvalue weighted by molar-refractivity contribution is 0.273. The predicted molar refractivity (Wildman–Crippen MR) is 101 cm³/mol. The number of ether oxygens (including phenoxy) is 1. The van der Waals surface area contributed by atoms with E-state index >= 15 is 0 Å². The first-order valence-corrected chi connectivity index (χ1v) is 8.68. The minimum absolute atomic E-state index is 0.0619. The summed E-state index contributed by atoms with van der Waals surface area (Å²) in [6.45, 7) is 0.153. The molecule has 3 N–H and O–H groups in total. The molecule has 0 fully saturated rings. The van der Waals surface area contributed by atoms with Gasteiger partial charge in [-0.2, -0.15) is 19.5 Å². The second-order valence-electron chi connectivity index (χ2n) is 5.89. The van der Waals surface area contributed by atoms with Crippen LogP contribution in [0.2, 0.25) is 0 Å². The van der Waals surface area contributed by atoms with Crippen LogP contribution >= 0.6 is 0 Å². The lowest BCUT2D eigenvalue weighted by Gasteiger charge is -2.07. The predicted octanol–water partition coefficient (Wildman–Crippen LogP) is 2.36. The van der Waals surface area contributed by atoms with Crippen molar-refractivity contribution in [1.29, 1.82) is 0 Å². The largest absolute Gasteiger partial charge is 0.491 e. The van der Waals surface area contributed by atoms with E-state index in [0.717, 1.165) is 12.0 Å². The first-order valence-electron chi connectivity index (χ1n) is 8.68. The Labute approximate surface area is 159 Å². The molecule has 3 heterocycles. The highest BCUT2D eigenvalue weighted by molar-refractivity contribution is 5.52. The summed E-state index contributed by atoms with van der Waals surface area (Å²) < 4.78 is 24.0. The molecule has 10 heteroatoms. The van der Waals surface area contributed by atoms with E-state index in [-0.39, 0.29) is 12.6 Å². The number of furan rings is 1. The molecule has 0 saturated carbocycles. The molecule has 0 radical (unpaired) electrons. The Morgan fingerprint density at radius 3 is 2.75 bits per heavy atom. The van der Waals surface area contributed by atoms with Gasteiger partial charge in [-0.1, -0.05) is 12.1 Å². The second kappa shape index (κ2) is 7.91. The summed E-state index contributed by atoms with van der Waals surface area (Å²) in [5, 5.41) is 7.38. The second-order valence-corrected chi connectivity index (χ2v) is 5.89. The molecule has 0 aliphatic heterocycles. The van der Waals surface area contributed by atoms with Gasteiger partial charge in [0.1, 0.15) is 19.0 Å². The zero-order valence-corrected chi connectivity index (χ0v) is 14.9. The third kappa shape index (κ3) is 3.85. The number of benzene rings is 1. The molecule has 28 heavy (non-hydrogen) atoms. The molecule has 0 aliphatic rings. The third-order valence-electron chi connectivity index (χ3n) is 3.94. The van der Waals surface area contributed by atoms with Gasteiger partial charge in [0.05, 0.1) is 6.26 Å². The fraction of sp³-hybridized carbons (Fsp3) is 0.222. The minimum Gasteiger partial charge on any atom is -0.491 e. The Morgan fingerprint density at radius 2 is 2.00 bits per heavy atom. The molecular formula is C18H18FN7O2. The number of hydrogen-bond donors (Lipinski definition) is 2. The number of halogens is 1. The van der Waals surface area contributed by atoms with Crippen LogP contribution in [-0.4, -0.2) is 44.4 Å². The molecule has 0 unspecified atom stereocenters. The van der Waals surface area contributed by atoms with Crippen LogP contribution in [0.4, 0.5) is 16.3 Å². The SMILES string of the molecule is Nc1nc(NCCc2ccc(OCCF)cc2)nc2nc(-c3ccco3)nn12. The maximum atomic E-state index is 12.1. The summed E-state index contributed by atoms with van der Waals surface area (Å²) in [4.78, 5) is 12.9. The van der Waals surface area contributed by atoms with Crippen molar-refractivity contribution in [1.82, 2.24) is 24.6 Å². The van der Waals surface area contributed by atoms with Gasteiger partial charge < -0.3 is 20.2 Å². The topological polar surface area (TPSA) is 116 Å². The van der Waals surface area contributed by atoms with Crippen LogP contribution in [0.25, 0.3) is 17.4 Å². The smallest absolute Gasteiger partial charge is 0.259 e. The summed E-state index contributed by atoms with van der Waals surface area (Å²) >= 11 is 0. The van der Waals surface area contributed by atoms with Crippen molar-refractivity contribution in [3.05, 3.63) is 48.2 Å². The van der Waals surface area contributed by atoms with Gasteiger partial charge in [0.2, 0.25) is 17.7 Å². The summed E-state index contributed by atoms with van der Waals surface area (Å²) in [7, 11) is 0. The van der Waals surface area contributed by atoms with E-state index in [1.54, 1.807) is 18.4 Å². The Bertz CT molecular complexity index is 1050. The quantitative estimate of drug-likeness (QED) is 0.476. The molecule has 9 nitrogen and oxygen atoms in total. The van der Waals surface area contributed by atoms with Gasteiger partial charge in [-0.25, -0.2) is 4.39 Å². The van der Waals surface area contributed by atoms with Gasteiger partial charge in [0.25, 0.3) is 5.78 Å². The molecule has 3 aromatic heterocycles. The van der Waals surface area contributed by atoms with E-state index < -0.39 is 6.67 Å². The third-order valence-corrected chi connectivity index (χ3v) is 3.94. The molecule has 4 aromatic rings. The van der Waals surface area contributed by atoms with Crippen molar-refractivity contribution >= 4 is 17.7 Å². The van der Waals surface area contributed by atoms with Gasteiger partial charge in [0.15, 0.2) is 5.76 Å². The fourth-order valence-corrected chi connectivity index (χ4v) is 2.62. The number of nitrogens with one attached hydrogen (secondary N) is 1. The molecule has 1 aromatic carbocycles. The Kier molecular flexibility index (Phi) is 5.00. The number of anilines is 2. The Balaban J connectivity index is 1.40. The highest BCUT2D eigenvalue weighted by Crippen LogP contribution is 2.18. The maximum absolute atomic E-state index is 12.1. The van der Waals surface area contributed by atoms with E-state index in [1.807, 2.05) is 24.3 Å². The van der Waals surface area contributed by atoms with E-state index in [9.17, 15) is 4.39 Å². The minimum atomic E-state index is -0.506. The number of aromatic nitrogens is 5. The van der Waals surface area contributed by atoms with Crippen LogP contribution in [-0.2, 0) is 6.42 Å². The normalized spacial score (nSPS) is 11.0. The summed E-state index contributed by atoms with van der Waals surface area (Å²) in [5.74, 6) is 2.43. The average Bonchev–Trinajstić information content (AvgIpc) is 3.37. The number of nitrogen functional groups attached to an aromatic ring is 1. The number of fused-ring (bicyclic) bond motifs is 1. The van der Waals surface area contributed by atoms with Crippen molar-refractivity contribution in [3.63, 3.8) is 0 Å². The van der Waals surface area contributed by atoms with Crippen molar-refractivity contribution in [2.24, 2.45) is 0 Å². The molecule has 0 spiro atoms. The zero-order valence-electron chi connectivity index (χ0n) is 14.9. The molecule has 144 valence electrons. The molecule has 0 saturated heterocycles. The molecule has 0 aliphatic carbocycles. The average molecular weight is 383 g/mol. The van der Waals surface area contributed by atoms with Crippen molar-refractivity contribution in [2.45, 2.75) is 6.42 Å². The summed E-state index contributed by atoms with van der Waals surface area (Å²) in [6.07, 6.45) is 2.28. The Hall–Kier alpha value is -3.69. The van der Waals surface area contributed by atoms with Crippen molar-refractivity contribution in [3.8, 4) is 17.3 Å². The maximum Gasteiger partial charge on any atom is 0.259 e. The van der Waals surface area contributed by atoms with Gasteiger partial charge >= 0.3 is 0 Å². The summed E-state index contributed by atoms with van der Waals surface area (Å²) in [5.41, 5.74) is 7.06. The molecule has 0 bridgehead atoms. The van der Waals surface area contributed by atoms with Gasteiger partial charge in [-0.15, -0.1) is 5.10 Å². The highest BCUT2D eigenvalue weighted by Gasteiger charge is 2.13. The van der Waals surface area contributed by atoms with E-state index in [2.05, 4.69) is 25.4 Å². The number of nitrogens with zero attached hydrogens (tertiary/aromatic N) is 5. The molecule has 4 rings (SSSR count).